The Hall–Kier alpha value is -2.51. The molecular weight excluding hydrogens is 436 g/mol. The van der Waals surface area contributed by atoms with Crippen LogP contribution in [0.25, 0.3) is 11.2 Å². The Balaban J connectivity index is 1.53. The van der Waals surface area contributed by atoms with Crippen LogP contribution in [0, 0.1) is 5.82 Å². The number of aromatic nitrogens is 4. The van der Waals surface area contributed by atoms with Crippen LogP contribution in [0.5, 0.6) is 0 Å². The average Bonchev–Trinajstić information content (AvgIpc) is 3.27. The highest BCUT2D eigenvalue weighted by Crippen LogP contribution is 2.39. The minimum atomic E-state index is -4.77. The van der Waals surface area contributed by atoms with Gasteiger partial charge in [0.05, 0.1) is 12.9 Å². The highest BCUT2D eigenvalue weighted by atomic mass is 31.2. The van der Waals surface area contributed by atoms with Crippen LogP contribution >= 0.6 is 7.82 Å². The van der Waals surface area contributed by atoms with Crippen molar-refractivity contribution in [1.29, 1.82) is 0 Å². The van der Waals surface area contributed by atoms with Crippen molar-refractivity contribution in [3.05, 3.63) is 48.3 Å². The molecule has 1 aromatic carbocycles. The molecule has 31 heavy (non-hydrogen) atoms. The summed E-state index contributed by atoms with van der Waals surface area (Å²) >= 11 is 0. The minimum absolute atomic E-state index is 0.296. The lowest BCUT2D eigenvalue weighted by atomic mass is 10.1. The van der Waals surface area contributed by atoms with Crippen LogP contribution in [0.2, 0.25) is 0 Å². The van der Waals surface area contributed by atoms with E-state index in [9.17, 15) is 19.2 Å². The molecule has 0 aliphatic carbocycles. The number of aliphatic hydroxyl groups is 2. The number of phosphoric ester groups is 1. The van der Waals surface area contributed by atoms with E-state index in [1.807, 2.05) is 0 Å². The Labute approximate surface area is 174 Å². The molecule has 14 heteroatoms. The molecule has 4 rings (SSSR count). The van der Waals surface area contributed by atoms with E-state index in [4.69, 9.17) is 14.5 Å². The van der Waals surface area contributed by atoms with Gasteiger partial charge in [0.1, 0.15) is 30.5 Å². The molecule has 0 unspecified atom stereocenters. The lowest BCUT2D eigenvalue weighted by Crippen LogP contribution is -2.33. The van der Waals surface area contributed by atoms with Crippen LogP contribution in [0.3, 0.4) is 0 Å². The summed E-state index contributed by atoms with van der Waals surface area (Å²) in [7, 11) is -4.77. The first kappa shape index (κ1) is 21.7. The molecule has 1 saturated heterocycles. The predicted molar refractivity (Wildman–Crippen MR) is 103 cm³/mol. The third-order valence-corrected chi connectivity index (χ3v) is 5.24. The zero-order valence-corrected chi connectivity index (χ0v) is 16.7. The number of phosphoric acid groups is 1. The summed E-state index contributed by atoms with van der Waals surface area (Å²) in [6, 6.07) is 5.95. The number of anilines is 1. The Bertz CT molecular complexity index is 1110. The number of nitrogens with one attached hydrogen (secondary N) is 1. The van der Waals surface area contributed by atoms with Crippen molar-refractivity contribution >= 4 is 24.8 Å². The number of halogens is 1. The molecule has 2 aromatic heterocycles. The Morgan fingerprint density at radius 2 is 1.90 bits per heavy atom. The summed E-state index contributed by atoms with van der Waals surface area (Å²) in [4.78, 5) is 30.2. The van der Waals surface area contributed by atoms with Gasteiger partial charge in [-0.05, 0) is 17.7 Å². The average molecular weight is 455 g/mol. The quantitative estimate of drug-likeness (QED) is 0.310. The van der Waals surface area contributed by atoms with Crippen LogP contribution in [0.4, 0.5) is 10.2 Å². The van der Waals surface area contributed by atoms with Crippen molar-refractivity contribution in [3.8, 4) is 0 Å². The van der Waals surface area contributed by atoms with Gasteiger partial charge < -0.3 is 30.1 Å². The maximum Gasteiger partial charge on any atom is 0.469 e. The highest BCUT2D eigenvalue weighted by Gasteiger charge is 2.45. The van der Waals surface area contributed by atoms with Crippen molar-refractivity contribution in [2.24, 2.45) is 0 Å². The Morgan fingerprint density at radius 1 is 1.16 bits per heavy atom. The zero-order chi connectivity index (χ0) is 22.2. The molecular formula is C17H19FN5O7P. The Kier molecular flexibility index (Phi) is 5.99. The third-order valence-electron chi connectivity index (χ3n) is 4.75. The fourth-order valence-electron chi connectivity index (χ4n) is 3.22. The van der Waals surface area contributed by atoms with Crippen LogP contribution < -0.4 is 5.32 Å². The van der Waals surface area contributed by atoms with E-state index < -0.39 is 39.0 Å². The van der Waals surface area contributed by atoms with Crippen molar-refractivity contribution in [1.82, 2.24) is 19.5 Å². The number of nitrogens with zero attached hydrogens (tertiary/aromatic N) is 4. The van der Waals surface area contributed by atoms with Gasteiger partial charge in [-0.3, -0.25) is 9.09 Å². The number of hydrogen-bond donors (Lipinski definition) is 5. The van der Waals surface area contributed by atoms with E-state index in [0.717, 1.165) is 5.56 Å². The summed E-state index contributed by atoms with van der Waals surface area (Å²) in [6.07, 6.45) is -2.55. The molecule has 0 bridgehead atoms. The molecule has 0 amide bonds. The van der Waals surface area contributed by atoms with E-state index in [1.165, 1.54) is 29.4 Å². The number of ether oxygens (including phenoxy) is 1. The zero-order valence-electron chi connectivity index (χ0n) is 15.8. The van der Waals surface area contributed by atoms with Gasteiger partial charge in [-0.25, -0.2) is 23.9 Å². The largest absolute Gasteiger partial charge is 0.469 e. The van der Waals surface area contributed by atoms with E-state index in [2.05, 4.69) is 24.8 Å². The molecule has 1 fully saturated rings. The van der Waals surface area contributed by atoms with E-state index in [0.29, 0.717) is 23.5 Å². The van der Waals surface area contributed by atoms with Crippen LogP contribution in [-0.2, 0) is 20.4 Å². The first-order valence-corrected chi connectivity index (χ1v) is 10.6. The second-order valence-electron chi connectivity index (χ2n) is 6.86. The molecule has 3 aromatic rings. The lowest BCUT2D eigenvalue weighted by Gasteiger charge is -2.16. The number of rotatable bonds is 7. The number of aliphatic hydroxyl groups excluding tert-OH is 2. The maximum absolute atomic E-state index is 13.1. The fourth-order valence-corrected chi connectivity index (χ4v) is 3.56. The van der Waals surface area contributed by atoms with Gasteiger partial charge in [0.2, 0.25) is 0 Å². The summed E-state index contributed by atoms with van der Waals surface area (Å²) in [5.41, 5.74) is 1.48. The number of imidazole rings is 1. The molecule has 0 radical (unpaired) electrons. The molecule has 1 aliphatic heterocycles. The van der Waals surface area contributed by atoms with Gasteiger partial charge in [-0.15, -0.1) is 0 Å². The normalized spacial score (nSPS) is 24.0. The van der Waals surface area contributed by atoms with Gasteiger partial charge in [0.15, 0.2) is 23.2 Å². The van der Waals surface area contributed by atoms with Crippen LogP contribution in [0.1, 0.15) is 11.8 Å². The van der Waals surface area contributed by atoms with Crippen molar-refractivity contribution < 1.29 is 38.2 Å². The highest BCUT2D eigenvalue weighted by molar-refractivity contribution is 7.46. The molecule has 12 nitrogen and oxygen atoms in total. The molecule has 4 atom stereocenters. The first-order chi connectivity index (χ1) is 14.7. The summed E-state index contributed by atoms with van der Waals surface area (Å²) < 4.78 is 35.3. The van der Waals surface area contributed by atoms with E-state index in [1.54, 1.807) is 12.1 Å². The predicted octanol–water partition coefficient (Wildman–Crippen LogP) is 0.306. The molecule has 166 valence electrons. The van der Waals surface area contributed by atoms with Crippen molar-refractivity contribution in [2.45, 2.75) is 31.1 Å². The second-order valence-corrected chi connectivity index (χ2v) is 8.10. The molecule has 0 saturated carbocycles. The van der Waals surface area contributed by atoms with Gasteiger partial charge >= 0.3 is 7.82 Å². The Morgan fingerprint density at radius 3 is 2.61 bits per heavy atom. The molecule has 1 aliphatic rings. The molecule has 3 heterocycles. The van der Waals surface area contributed by atoms with Gasteiger partial charge in [0.25, 0.3) is 0 Å². The SMILES string of the molecule is O=P(O)(O)OC[C@H]1O[C@@H](n2cnc3c(NCc4ccc(F)cc4)ncnc32)[C@H](O)[C@@H]1O. The van der Waals surface area contributed by atoms with Gasteiger partial charge in [-0.2, -0.15) is 0 Å². The maximum atomic E-state index is 13.1. The van der Waals surface area contributed by atoms with Crippen molar-refractivity contribution in [2.75, 3.05) is 11.9 Å². The minimum Gasteiger partial charge on any atom is -0.387 e. The number of hydrogen-bond acceptors (Lipinski definition) is 9. The third kappa shape index (κ3) is 4.72. The summed E-state index contributed by atoms with van der Waals surface area (Å²) in [5, 5.41) is 23.6. The monoisotopic (exact) mass is 455 g/mol. The fraction of sp³-hybridized carbons (Fsp3) is 0.353. The van der Waals surface area contributed by atoms with E-state index in [-0.39, 0.29) is 5.82 Å². The van der Waals surface area contributed by atoms with Gasteiger partial charge in [-0.1, -0.05) is 12.1 Å². The van der Waals surface area contributed by atoms with E-state index >= 15 is 0 Å². The topological polar surface area (TPSA) is 172 Å². The van der Waals surface area contributed by atoms with Crippen molar-refractivity contribution in [3.63, 3.8) is 0 Å². The molecule has 0 spiro atoms. The smallest absolute Gasteiger partial charge is 0.387 e. The van der Waals surface area contributed by atoms with Crippen LogP contribution in [0.15, 0.2) is 36.9 Å². The number of benzene rings is 1. The molecule has 5 N–H and O–H groups in total. The standard InChI is InChI=1S/C17H19FN5O7P/c18-10-3-1-9(2-4-10)5-19-15-12-16(21-7-20-15)23(8-22-12)17-14(25)13(24)11(30-17)6-29-31(26,27)28/h1-4,7-8,11,13-14,17,24-25H,5-6H2,(H,19,20,21)(H2,26,27,28)/t11-,13-,14-,17-/m1/s1. The second kappa shape index (κ2) is 8.55. The first-order valence-electron chi connectivity index (χ1n) is 9.10. The lowest BCUT2D eigenvalue weighted by molar-refractivity contribution is -0.0504. The van der Waals surface area contributed by atoms with Gasteiger partial charge in [0, 0.05) is 6.54 Å². The summed E-state index contributed by atoms with van der Waals surface area (Å²) in [6.45, 7) is -0.270. The summed E-state index contributed by atoms with van der Waals surface area (Å²) in [5.74, 6) is 0.0521. The number of fused-ring (bicyclic) bond motifs is 1. The van der Waals surface area contributed by atoms with Crippen LogP contribution in [-0.4, -0.2) is 64.4 Å².